The summed E-state index contributed by atoms with van der Waals surface area (Å²) in [5.41, 5.74) is -1.95. The van der Waals surface area contributed by atoms with Gasteiger partial charge in [0, 0.05) is 0 Å². The molecule has 2 rings (SSSR count). The maximum Gasteiger partial charge on any atom is 0.309 e. The predicted molar refractivity (Wildman–Crippen MR) is 68.5 cm³/mol. The fraction of sp³-hybridized carbons (Fsp3) is 0.167. The summed E-state index contributed by atoms with van der Waals surface area (Å²) >= 11 is 0. The third-order valence-electron chi connectivity index (χ3n) is 2.90. The molecule has 0 radical (unpaired) electrons. The largest absolute Gasteiger partial charge is 0.319 e. The van der Waals surface area contributed by atoms with Crippen molar-refractivity contribution in [2.75, 3.05) is 5.32 Å². The molecule has 7 nitrogen and oxygen atoms in total. The Balaban J connectivity index is 2.25. The number of carbonyl (C=O) groups is 1. The number of amides is 1. The fourth-order valence-corrected chi connectivity index (χ4v) is 1.81. The summed E-state index contributed by atoms with van der Waals surface area (Å²) < 4.78 is 66.6. The van der Waals surface area contributed by atoms with E-state index in [-0.39, 0.29) is 5.69 Å². The molecule has 24 heavy (non-hydrogen) atoms. The molecule has 0 spiro atoms. The molecule has 0 atom stereocenters. The van der Waals surface area contributed by atoms with Crippen molar-refractivity contribution in [3.63, 3.8) is 0 Å². The van der Waals surface area contributed by atoms with Crippen LogP contribution in [-0.2, 0) is 11.3 Å². The maximum atomic E-state index is 13.4. The first kappa shape index (κ1) is 17.3. The van der Waals surface area contributed by atoms with E-state index in [4.69, 9.17) is 0 Å². The second-order valence-corrected chi connectivity index (χ2v) is 4.55. The molecule has 0 aliphatic heterocycles. The van der Waals surface area contributed by atoms with Crippen LogP contribution >= 0.6 is 0 Å². The van der Waals surface area contributed by atoms with Gasteiger partial charge in [-0.15, -0.1) is 0 Å². The van der Waals surface area contributed by atoms with Gasteiger partial charge in [0.05, 0.1) is 4.92 Å². The van der Waals surface area contributed by atoms with Crippen LogP contribution in [0.2, 0.25) is 0 Å². The Morgan fingerprint density at radius 1 is 1.17 bits per heavy atom. The molecule has 0 saturated carbocycles. The average molecular weight is 350 g/mol. The van der Waals surface area contributed by atoms with E-state index < -0.39 is 57.8 Å². The molecule has 0 bridgehead atoms. The lowest BCUT2D eigenvalue weighted by Crippen LogP contribution is -2.21. The van der Waals surface area contributed by atoms with Crippen molar-refractivity contribution in [2.45, 2.75) is 13.5 Å². The molecule has 12 heteroatoms. The van der Waals surface area contributed by atoms with Crippen LogP contribution in [-0.4, -0.2) is 20.6 Å². The molecule has 0 fully saturated rings. The summed E-state index contributed by atoms with van der Waals surface area (Å²) in [4.78, 5) is 21.5. The molecular weight excluding hydrogens is 343 g/mol. The molecule has 2 aromatic rings. The minimum Gasteiger partial charge on any atom is -0.319 e. The highest BCUT2D eigenvalue weighted by atomic mass is 19.2. The molecule has 1 N–H and O–H groups in total. The van der Waals surface area contributed by atoms with E-state index in [0.717, 1.165) is 10.9 Å². The Bertz CT molecular complexity index is 823. The SMILES string of the molecule is Cc1nn(CC(=O)Nc2c(F)c(F)c(F)c(F)c2F)cc1[N+](=O)[O-]. The number of aryl methyl sites for hydroxylation is 1. The average Bonchev–Trinajstić information content (AvgIpc) is 2.88. The number of halogens is 5. The van der Waals surface area contributed by atoms with Gasteiger partial charge in [0.15, 0.2) is 23.3 Å². The van der Waals surface area contributed by atoms with Crippen molar-refractivity contribution in [1.82, 2.24) is 9.78 Å². The number of aromatic nitrogens is 2. The molecule has 1 aromatic heterocycles. The lowest BCUT2D eigenvalue weighted by Gasteiger charge is -2.09. The normalized spacial score (nSPS) is 10.8. The monoisotopic (exact) mass is 350 g/mol. The van der Waals surface area contributed by atoms with E-state index in [2.05, 4.69) is 5.10 Å². The van der Waals surface area contributed by atoms with Gasteiger partial charge in [-0.05, 0) is 6.92 Å². The van der Waals surface area contributed by atoms with Gasteiger partial charge in [0.25, 0.3) is 0 Å². The molecule has 0 saturated heterocycles. The van der Waals surface area contributed by atoms with Gasteiger partial charge in [-0.3, -0.25) is 19.6 Å². The van der Waals surface area contributed by atoms with Gasteiger partial charge < -0.3 is 5.32 Å². The van der Waals surface area contributed by atoms with E-state index in [0.29, 0.717) is 0 Å². The highest BCUT2D eigenvalue weighted by Gasteiger charge is 2.27. The van der Waals surface area contributed by atoms with Crippen molar-refractivity contribution < 1.29 is 31.7 Å². The first-order chi connectivity index (χ1) is 11.1. The van der Waals surface area contributed by atoms with Crippen molar-refractivity contribution in [3.8, 4) is 0 Å². The van der Waals surface area contributed by atoms with Crippen LogP contribution in [0, 0.1) is 46.1 Å². The number of carbonyl (C=O) groups excluding carboxylic acids is 1. The van der Waals surface area contributed by atoms with Crippen LogP contribution in [0.25, 0.3) is 0 Å². The molecule has 1 heterocycles. The van der Waals surface area contributed by atoms with Crippen LogP contribution in [0.3, 0.4) is 0 Å². The maximum absolute atomic E-state index is 13.4. The summed E-state index contributed by atoms with van der Waals surface area (Å²) in [7, 11) is 0. The van der Waals surface area contributed by atoms with Crippen LogP contribution in [0.15, 0.2) is 6.20 Å². The van der Waals surface area contributed by atoms with Gasteiger partial charge in [-0.1, -0.05) is 0 Å². The molecule has 0 aliphatic carbocycles. The number of nitrogens with one attached hydrogen (secondary N) is 1. The third-order valence-corrected chi connectivity index (χ3v) is 2.90. The van der Waals surface area contributed by atoms with E-state index >= 15 is 0 Å². The zero-order valence-electron chi connectivity index (χ0n) is 11.7. The van der Waals surface area contributed by atoms with Gasteiger partial charge in [0.1, 0.15) is 24.1 Å². The summed E-state index contributed by atoms with van der Waals surface area (Å²) in [6.07, 6.45) is 0.882. The zero-order valence-corrected chi connectivity index (χ0v) is 11.7. The van der Waals surface area contributed by atoms with E-state index in [9.17, 15) is 36.9 Å². The quantitative estimate of drug-likeness (QED) is 0.301. The number of benzene rings is 1. The van der Waals surface area contributed by atoms with Crippen LogP contribution in [0.4, 0.5) is 33.3 Å². The first-order valence-corrected chi connectivity index (χ1v) is 6.13. The second kappa shape index (κ2) is 6.22. The topological polar surface area (TPSA) is 90.1 Å². The van der Waals surface area contributed by atoms with Crippen molar-refractivity contribution in [2.24, 2.45) is 0 Å². The van der Waals surface area contributed by atoms with Gasteiger partial charge >= 0.3 is 5.69 Å². The molecule has 1 amide bonds. The van der Waals surface area contributed by atoms with Gasteiger partial charge in [-0.2, -0.15) is 5.10 Å². The standard InChI is InChI=1S/C12H7F5N4O3/c1-4-5(21(23)24)2-20(19-4)3-6(22)18-12-10(16)8(14)7(13)9(15)11(12)17/h2H,3H2,1H3,(H,18,22). The lowest BCUT2D eigenvalue weighted by atomic mass is 10.2. The molecule has 0 aliphatic rings. The van der Waals surface area contributed by atoms with Crippen molar-refractivity contribution in [3.05, 3.63) is 51.1 Å². The second-order valence-electron chi connectivity index (χ2n) is 4.55. The van der Waals surface area contributed by atoms with Crippen molar-refractivity contribution >= 4 is 17.3 Å². The molecule has 0 unspecified atom stereocenters. The van der Waals surface area contributed by atoms with Crippen LogP contribution in [0.5, 0.6) is 0 Å². The summed E-state index contributed by atoms with van der Waals surface area (Å²) in [6.45, 7) is 0.546. The summed E-state index contributed by atoms with van der Waals surface area (Å²) in [5, 5.41) is 15.8. The Kier molecular flexibility index (Phi) is 4.48. The number of anilines is 1. The zero-order chi connectivity index (χ0) is 18.2. The minimum atomic E-state index is -2.36. The number of nitrogens with zero attached hydrogens (tertiary/aromatic N) is 3. The number of hydrogen-bond acceptors (Lipinski definition) is 4. The minimum absolute atomic E-state index is 0.0240. The third kappa shape index (κ3) is 3.02. The van der Waals surface area contributed by atoms with E-state index in [1.807, 2.05) is 0 Å². The highest BCUT2D eigenvalue weighted by Crippen LogP contribution is 2.27. The molecule has 1 aromatic carbocycles. The lowest BCUT2D eigenvalue weighted by molar-refractivity contribution is -0.385. The summed E-state index contributed by atoms with van der Waals surface area (Å²) in [5.74, 6) is -12.4. The Morgan fingerprint density at radius 3 is 2.12 bits per heavy atom. The highest BCUT2D eigenvalue weighted by molar-refractivity contribution is 5.90. The number of rotatable bonds is 4. The first-order valence-electron chi connectivity index (χ1n) is 6.13. The Hall–Kier alpha value is -3.05. The molecule has 128 valence electrons. The van der Waals surface area contributed by atoms with Gasteiger partial charge in [-0.25, -0.2) is 22.0 Å². The summed E-state index contributed by atoms with van der Waals surface area (Å²) in [6, 6.07) is 0. The van der Waals surface area contributed by atoms with Gasteiger partial charge in [0.2, 0.25) is 11.7 Å². The number of hydrogen-bond donors (Lipinski definition) is 1. The van der Waals surface area contributed by atoms with E-state index in [1.165, 1.54) is 12.2 Å². The smallest absolute Gasteiger partial charge is 0.309 e. The fourth-order valence-electron chi connectivity index (χ4n) is 1.81. The van der Waals surface area contributed by atoms with Crippen LogP contribution < -0.4 is 5.32 Å². The Morgan fingerprint density at radius 2 is 1.67 bits per heavy atom. The number of nitro groups is 1. The molecular formula is C12H7F5N4O3. The van der Waals surface area contributed by atoms with Crippen molar-refractivity contribution in [1.29, 1.82) is 0 Å². The van der Waals surface area contributed by atoms with E-state index in [1.54, 1.807) is 0 Å². The predicted octanol–water partition coefficient (Wildman–Crippen LogP) is 2.43. The van der Waals surface area contributed by atoms with Crippen LogP contribution in [0.1, 0.15) is 5.69 Å². The Labute approximate surface area is 129 Å².